The van der Waals surface area contributed by atoms with Crippen LogP contribution in [0.4, 0.5) is 0 Å². The number of hydrogen-bond donors (Lipinski definition) is 1. The molecule has 0 saturated heterocycles. The molecule has 0 radical (unpaired) electrons. The maximum Gasteiger partial charge on any atom is 0.317 e. The number of rotatable bonds is 1. The average molecular weight is 145 g/mol. The van der Waals surface area contributed by atoms with Gasteiger partial charge in [-0.05, 0) is 0 Å². The van der Waals surface area contributed by atoms with Crippen molar-refractivity contribution in [2.75, 3.05) is 5.84 Å². The fraction of sp³-hybridized carbons (Fsp3) is 0.750. The largest absolute Gasteiger partial charge is 0.317 e. The van der Waals surface area contributed by atoms with Crippen LogP contribution in [0.15, 0.2) is 0 Å². The Morgan fingerprint density at radius 1 is 1.67 bits per heavy atom. The van der Waals surface area contributed by atoms with Crippen LogP contribution in [0.5, 0.6) is 0 Å². The van der Waals surface area contributed by atoms with E-state index in [2.05, 4.69) is 9.59 Å². The highest BCUT2D eigenvalue weighted by molar-refractivity contribution is 6.94. The second-order valence-electron chi connectivity index (χ2n) is 2.10. The SMILES string of the molecule is CC(C)c1nns[n+]1N. The third-order valence-electron chi connectivity index (χ3n) is 1.01. The van der Waals surface area contributed by atoms with Crippen molar-refractivity contribution in [3.63, 3.8) is 0 Å². The summed E-state index contributed by atoms with van der Waals surface area (Å²) in [7, 11) is 0. The van der Waals surface area contributed by atoms with Crippen LogP contribution in [0.1, 0.15) is 25.6 Å². The molecule has 0 unspecified atom stereocenters. The second-order valence-corrected chi connectivity index (χ2v) is 2.82. The van der Waals surface area contributed by atoms with Crippen molar-refractivity contribution in [2.45, 2.75) is 19.8 Å². The van der Waals surface area contributed by atoms with Gasteiger partial charge in [0.2, 0.25) is 0 Å². The predicted molar refractivity (Wildman–Crippen MR) is 34.3 cm³/mol. The molecular weight excluding hydrogens is 136 g/mol. The zero-order valence-electron chi connectivity index (χ0n) is 5.40. The number of nitrogen functional groups attached to an aromatic ring is 1. The Kier molecular flexibility index (Phi) is 1.61. The molecule has 0 atom stereocenters. The Morgan fingerprint density at radius 3 is 2.56 bits per heavy atom. The van der Waals surface area contributed by atoms with Gasteiger partial charge in [-0.2, -0.15) is 0 Å². The minimum Gasteiger partial charge on any atom is -0.279 e. The molecule has 4 nitrogen and oxygen atoms in total. The molecule has 0 aromatic carbocycles. The molecule has 1 aromatic rings. The van der Waals surface area contributed by atoms with Gasteiger partial charge in [0, 0.05) is 5.92 Å². The molecule has 0 saturated carbocycles. The van der Waals surface area contributed by atoms with E-state index < -0.39 is 0 Å². The molecule has 9 heavy (non-hydrogen) atoms. The lowest BCUT2D eigenvalue weighted by molar-refractivity contribution is -0.579. The minimum atomic E-state index is 0.355. The van der Waals surface area contributed by atoms with E-state index in [1.165, 1.54) is 15.8 Å². The zero-order valence-corrected chi connectivity index (χ0v) is 6.22. The van der Waals surface area contributed by atoms with E-state index >= 15 is 0 Å². The van der Waals surface area contributed by atoms with Gasteiger partial charge >= 0.3 is 5.82 Å². The van der Waals surface area contributed by atoms with Crippen molar-refractivity contribution in [3.8, 4) is 0 Å². The van der Waals surface area contributed by atoms with Crippen LogP contribution in [-0.4, -0.2) is 9.59 Å². The van der Waals surface area contributed by atoms with Crippen molar-refractivity contribution < 1.29 is 4.07 Å². The molecule has 0 aliphatic heterocycles. The van der Waals surface area contributed by atoms with Crippen LogP contribution in [0.25, 0.3) is 0 Å². The predicted octanol–water partition coefficient (Wildman–Crippen LogP) is -0.337. The molecule has 0 fully saturated rings. The zero-order chi connectivity index (χ0) is 6.85. The number of nitrogens with zero attached hydrogens (tertiary/aromatic N) is 3. The Labute approximate surface area is 57.6 Å². The number of aromatic nitrogens is 3. The molecule has 0 spiro atoms. The topological polar surface area (TPSA) is 55.7 Å². The lowest BCUT2D eigenvalue weighted by Gasteiger charge is -1.90. The van der Waals surface area contributed by atoms with E-state index in [0.717, 1.165) is 5.82 Å². The van der Waals surface area contributed by atoms with E-state index in [1.54, 1.807) is 0 Å². The summed E-state index contributed by atoms with van der Waals surface area (Å²) in [5, 5.41) is 3.82. The quantitative estimate of drug-likeness (QED) is 0.434. The van der Waals surface area contributed by atoms with E-state index in [4.69, 9.17) is 5.84 Å². The van der Waals surface area contributed by atoms with Crippen LogP contribution < -0.4 is 9.91 Å². The van der Waals surface area contributed by atoms with Crippen LogP contribution in [0.3, 0.4) is 0 Å². The molecule has 1 aromatic heterocycles. The summed E-state index contributed by atoms with van der Waals surface area (Å²) < 4.78 is 5.15. The fourth-order valence-electron chi connectivity index (χ4n) is 0.555. The molecule has 0 amide bonds. The molecule has 0 bridgehead atoms. The third-order valence-corrected chi connectivity index (χ3v) is 1.53. The van der Waals surface area contributed by atoms with Crippen LogP contribution in [0, 0.1) is 0 Å². The maximum atomic E-state index is 5.45. The Bertz CT molecular complexity index is 194. The van der Waals surface area contributed by atoms with Crippen LogP contribution >= 0.6 is 11.7 Å². The van der Waals surface area contributed by atoms with Crippen LogP contribution in [0.2, 0.25) is 0 Å². The average Bonchev–Trinajstić information content (AvgIpc) is 2.13. The van der Waals surface area contributed by atoms with Crippen molar-refractivity contribution in [1.82, 2.24) is 9.59 Å². The van der Waals surface area contributed by atoms with Gasteiger partial charge < -0.3 is 0 Å². The first-order valence-electron chi connectivity index (χ1n) is 2.71. The Balaban J connectivity index is 2.94. The first kappa shape index (κ1) is 6.41. The van der Waals surface area contributed by atoms with Gasteiger partial charge in [-0.3, -0.25) is 5.84 Å². The summed E-state index contributed by atoms with van der Waals surface area (Å²) in [6.07, 6.45) is 0. The van der Waals surface area contributed by atoms with E-state index in [9.17, 15) is 0 Å². The smallest absolute Gasteiger partial charge is 0.279 e. The summed E-state index contributed by atoms with van der Waals surface area (Å²) >= 11 is 1.17. The third kappa shape index (κ3) is 1.16. The molecule has 2 N–H and O–H groups in total. The van der Waals surface area contributed by atoms with E-state index in [1.807, 2.05) is 13.8 Å². The van der Waals surface area contributed by atoms with Crippen molar-refractivity contribution in [3.05, 3.63) is 5.82 Å². The van der Waals surface area contributed by atoms with Gasteiger partial charge in [-0.25, -0.2) is 0 Å². The first-order valence-corrected chi connectivity index (χ1v) is 3.44. The molecule has 50 valence electrons. The fourth-order valence-corrected chi connectivity index (χ4v) is 1.09. The highest BCUT2D eigenvalue weighted by Crippen LogP contribution is 2.03. The first-order chi connectivity index (χ1) is 4.22. The monoisotopic (exact) mass is 145 g/mol. The van der Waals surface area contributed by atoms with Gasteiger partial charge in [-0.15, -0.1) is 0 Å². The summed E-state index contributed by atoms with van der Waals surface area (Å²) in [4.78, 5) is 0. The molecule has 1 rings (SSSR count). The highest BCUT2D eigenvalue weighted by atomic mass is 32.1. The maximum absolute atomic E-state index is 5.45. The van der Waals surface area contributed by atoms with Gasteiger partial charge in [0.1, 0.15) is 0 Å². The molecule has 5 heteroatoms. The normalized spacial score (nSPS) is 10.6. The molecule has 1 heterocycles. The molecule has 0 aliphatic carbocycles. The van der Waals surface area contributed by atoms with Crippen molar-refractivity contribution in [2.24, 2.45) is 0 Å². The Hall–Kier alpha value is -0.710. The van der Waals surface area contributed by atoms with Crippen molar-refractivity contribution in [1.29, 1.82) is 0 Å². The molecular formula is C4H9N4S+. The van der Waals surface area contributed by atoms with E-state index in [-0.39, 0.29) is 0 Å². The molecule has 0 aliphatic rings. The lowest BCUT2D eigenvalue weighted by atomic mass is 10.2. The van der Waals surface area contributed by atoms with Gasteiger partial charge in [0.15, 0.2) is 4.49 Å². The highest BCUT2D eigenvalue weighted by Gasteiger charge is 2.16. The standard InChI is InChI=1S/C4H9N4S/c1-3(2)4-6-7-9-8(4)5/h3H,5H2,1-2H3/q+1. The van der Waals surface area contributed by atoms with Gasteiger partial charge in [0.05, 0.1) is 5.10 Å². The Morgan fingerprint density at radius 2 is 2.33 bits per heavy atom. The van der Waals surface area contributed by atoms with Crippen LogP contribution in [-0.2, 0) is 0 Å². The summed E-state index contributed by atoms with van der Waals surface area (Å²) in [5.41, 5.74) is 0. The van der Waals surface area contributed by atoms with Gasteiger partial charge in [-0.1, -0.05) is 17.9 Å². The number of hydrogen-bond acceptors (Lipinski definition) is 4. The lowest BCUT2D eigenvalue weighted by Crippen LogP contribution is -2.44. The summed E-state index contributed by atoms with van der Waals surface area (Å²) in [6.45, 7) is 4.06. The van der Waals surface area contributed by atoms with Gasteiger partial charge in [0.25, 0.3) is 11.7 Å². The van der Waals surface area contributed by atoms with Crippen molar-refractivity contribution >= 4 is 11.7 Å². The van der Waals surface area contributed by atoms with E-state index in [0.29, 0.717) is 5.92 Å². The number of nitrogens with two attached hydrogens (primary N) is 1. The summed E-state index contributed by atoms with van der Waals surface area (Å²) in [5.74, 6) is 6.64. The minimum absolute atomic E-state index is 0.355. The summed E-state index contributed by atoms with van der Waals surface area (Å²) in [6, 6.07) is 0. The second kappa shape index (κ2) is 2.26.